The van der Waals surface area contributed by atoms with Crippen LogP contribution in [-0.2, 0) is 17.9 Å². The maximum atomic E-state index is 13.7. The Morgan fingerprint density at radius 2 is 1.91 bits per heavy atom. The molecule has 0 radical (unpaired) electrons. The van der Waals surface area contributed by atoms with Crippen molar-refractivity contribution in [2.45, 2.75) is 38.8 Å². The van der Waals surface area contributed by atoms with Crippen LogP contribution in [0, 0.1) is 12.7 Å². The monoisotopic (exact) mass is 497 g/mol. The van der Waals surface area contributed by atoms with Gasteiger partial charge in [-0.25, -0.2) is 9.37 Å². The first-order valence-corrected chi connectivity index (χ1v) is 12.2. The van der Waals surface area contributed by atoms with Gasteiger partial charge in [-0.2, -0.15) is 0 Å². The van der Waals surface area contributed by atoms with Crippen molar-refractivity contribution in [1.29, 1.82) is 0 Å². The van der Waals surface area contributed by atoms with Crippen LogP contribution in [0.15, 0.2) is 30.3 Å². The number of hydrogen-bond donors (Lipinski definition) is 0. The zero-order valence-electron chi connectivity index (χ0n) is 20.2. The molecule has 5 rings (SSSR count). The van der Waals surface area contributed by atoms with Crippen molar-refractivity contribution in [1.82, 2.24) is 29.5 Å². The standard InChI is InChI=1S/C25H29ClFN7O/c1-16-20(27)5-7-22(28-16)33-10-8-17(9-11-33)25-30-29-23-14-32(15-24(35)31(2)3)13-18-12-19(26)4-6-21(18)34(23)25/h4-7,12,17H,8-11,13-15H2,1-3H3. The lowest BCUT2D eigenvalue weighted by atomic mass is 9.95. The fourth-order valence-corrected chi connectivity index (χ4v) is 5.07. The molecule has 1 saturated heterocycles. The molecule has 1 fully saturated rings. The molecule has 1 amide bonds. The van der Waals surface area contributed by atoms with Crippen LogP contribution in [0.4, 0.5) is 10.2 Å². The molecule has 0 atom stereocenters. The number of hydrogen-bond acceptors (Lipinski definition) is 6. The first-order valence-electron chi connectivity index (χ1n) is 11.8. The van der Waals surface area contributed by atoms with E-state index in [0.29, 0.717) is 30.4 Å². The van der Waals surface area contributed by atoms with Crippen LogP contribution in [0.25, 0.3) is 5.69 Å². The number of pyridine rings is 1. The third-order valence-corrected chi connectivity index (χ3v) is 7.08. The number of aryl methyl sites for hydroxylation is 1. The molecule has 0 unspecified atom stereocenters. The molecular formula is C25H29ClFN7O. The molecule has 0 N–H and O–H groups in total. The second kappa shape index (κ2) is 9.54. The summed E-state index contributed by atoms with van der Waals surface area (Å²) in [6.07, 6.45) is 1.78. The number of halogens is 2. The quantitative estimate of drug-likeness (QED) is 0.549. The van der Waals surface area contributed by atoms with Gasteiger partial charge in [-0.3, -0.25) is 14.3 Å². The average molecular weight is 498 g/mol. The predicted octanol–water partition coefficient (Wildman–Crippen LogP) is 3.55. The molecular weight excluding hydrogens is 469 g/mol. The lowest BCUT2D eigenvalue weighted by Gasteiger charge is -2.32. The summed E-state index contributed by atoms with van der Waals surface area (Å²) in [6.45, 7) is 4.73. The van der Waals surface area contributed by atoms with Crippen molar-refractivity contribution >= 4 is 23.3 Å². The highest BCUT2D eigenvalue weighted by Crippen LogP contribution is 2.34. The number of benzene rings is 1. The summed E-state index contributed by atoms with van der Waals surface area (Å²) in [4.78, 5) is 22.7. The van der Waals surface area contributed by atoms with Gasteiger partial charge in [-0.15, -0.1) is 10.2 Å². The largest absolute Gasteiger partial charge is 0.357 e. The zero-order valence-corrected chi connectivity index (χ0v) is 21.0. The Labute approximate surface area is 209 Å². The Morgan fingerprint density at radius 1 is 1.14 bits per heavy atom. The fraction of sp³-hybridized carbons (Fsp3) is 0.440. The summed E-state index contributed by atoms with van der Waals surface area (Å²) in [5.41, 5.74) is 2.48. The van der Waals surface area contributed by atoms with Gasteiger partial charge in [0, 0.05) is 44.7 Å². The van der Waals surface area contributed by atoms with Gasteiger partial charge in [0.2, 0.25) is 5.91 Å². The SMILES string of the molecule is Cc1nc(N2CCC(c3nnc4n3-c3ccc(Cl)cc3CN(CC(=O)N(C)C)C4)CC2)ccc1F. The zero-order chi connectivity index (χ0) is 24.7. The molecule has 8 nitrogen and oxygen atoms in total. The van der Waals surface area contributed by atoms with Crippen molar-refractivity contribution in [3.63, 3.8) is 0 Å². The van der Waals surface area contributed by atoms with E-state index in [1.807, 2.05) is 18.2 Å². The van der Waals surface area contributed by atoms with Crippen LogP contribution in [0.5, 0.6) is 0 Å². The molecule has 3 aromatic rings. The number of amides is 1. The molecule has 0 spiro atoms. The van der Waals surface area contributed by atoms with E-state index < -0.39 is 0 Å². The van der Waals surface area contributed by atoms with Crippen LogP contribution in [-0.4, -0.2) is 69.2 Å². The number of likely N-dealkylation sites (N-methyl/N-ethyl adjacent to an activating group) is 1. The van der Waals surface area contributed by atoms with E-state index in [-0.39, 0.29) is 17.6 Å². The highest BCUT2D eigenvalue weighted by atomic mass is 35.5. The molecule has 2 aromatic heterocycles. The average Bonchev–Trinajstić information content (AvgIpc) is 3.17. The predicted molar refractivity (Wildman–Crippen MR) is 132 cm³/mol. The number of fused-ring (bicyclic) bond motifs is 3. The van der Waals surface area contributed by atoms with Crippen LogP contribution < -0.4 is 4.90 Å². The molecule has 0 aliphatic carbocycles. The lowest BCUT2D eigenvalue weighted by Crippen LogP contribution is -2.35. The first-order chi connectivity index (χ1) is 16.8. The Kier molecular flexibility index (Phi) is 6.46. The van der Waals surface area contributed by atoms with Crippen molar-refractivity contribution in [2.24, 2.45) is 0 Å². The molecule has 35 heavy (non-hydrogen) atoms. The van der Waals surface area contributed by atoms with E-state index in [9.17, 15) is 9.18 Å². The normalized spacial score (nSPS) is 16.5. The van der Waals surface area contributed by atoms with Crippen LogP contribution in [0.1, 0.15) is 41.7 Å². The minimum Gasteiger partial charge on any atom is -0.357 e. The van der Waals surface area contributed by atoms with Gasteiger partial charge in [0.1, 0.15) is 17.5 Å². The highest BCUT2D eigenvalue weighted by Gasteiger charge is 2.31. The molecule has 10 heteroatoms. The Morgan fingerprint density at radius 3 is 2.63 bits per heavy atom. The third-order valence-electron chi connectivity index (χ3n) is 6.84. The van der Waals surface area contributed by atoms with E-state index in [4.69, 9.17) is 11.6 Å². The van der Waals surface area contributed by atoms with Gasteiger partial charge >= 0.3 is 0 Å². The van der Waals surface area contributed by atoms with Crippen LogP contribution in [0.3, 0.4) is 0 Å². The molecule has 1 aromatic carbocycles. The summed E-state index contributed by atoms with van der Waals surface area (Å²) < 4.78 is 15.8. The summed E-state index contributed by atoms with van der Waals surface area (Å²) in [6, 6.07) is 9.10. The molecule has 0 bridgehead atoms. The van der Waals surface area contributed by atoms with Gasteiger partial charge in [-0.05, 0) is 55.7 Å². The van der Waals surface area contributed by atoms with E-state index in [2.05, 4.69) is 29.5 Å². The highest BCUT2D eigenvalue weighted by molar-refractivity contribution is 6.30. The van der Waals surface area contributed by atoms with Gasteiger partial charge < -0.3 is 9.80 Å². The van der Waals surface area contributed by atoms with E-state index in [1.165, 1.54) is 6.07 Å². The number of nitrogens with zero attached hydrogens (tertiary/aromatic N) is 7. The molecule has 0 saturated carbocycles. The smallest absolute Gasteiger partial charge is 0.236 e. The third kappa shape index (κ3) is 4.75. The van der Waals surface area contributed by atoms with Gasteiger partial charge in [0.05, 0.1) is 24.5 Å². The second-order valence-corrected chi connectivity index (χ2v) is 9.95. The maximum absolute atomic E-state index is 13.7. The number of anilines is 1. The summed E-state index contributed by atoms with van der Waals surface area (Å²) in [7, 11) is 3.53. The summed E-state index contributed by atoms with van der Waals surface area (Å²) in [5, 5.41) is 9.85. The number of piperidine rings is 1. The fourth-order valence-electron chi connectivity index (χ4n) is 4.87. The number of aromatic nitrogens is 4. The Bertz CT molecular complexity index is 1250. The number of carbonyl (C=O) groups is 1. The molecule has 4 heterocycles. The molecule has 2 aliphatic heterocycles. The Hall–Kier alpha value is -3.04. The van der Waals surface area contributed by atoms with Gasteiger partial charge in [-0.1, -0.05) is 11.6 Å². The van der Waals surface area contributed by atoms with Crippen LogP contribution >= 0.6 is 11.6 Å². The molecule has 2 aliphatic rings. The molecule has 184 valence electrons. The van der Waals surface area contributed by atoms with Crippen molar-refractivity contribution < 1.29 is 9.18 Å². The maximum Gasteiger partial charge on any atom is 0.236 e. The van der Waals surface area contributed by atoms with E-state index in [1.54, 1.807) is 32.0 Å². The van der Waals surface area contributed by atoms with Crippen molar-refractivity contribution in [2.75, 3.05) is 38.6 Å². The van der Waals surface area contributed by atoms with Crippen LogP contribution in [0.2, 0.25) is 5.02 Å². The van der Waals surface area contributed by atoms with E-state index in [0.717, 1.165) is 54.6 Å². The number of rotatable bonds is 4. The number of carbonyl (C=O) groups excluding carboxylic acids is 1. The minimum absolute atomic E-state index is 0.0405. The van der Waals surface area contributed by atoms with E-state index >= 15 is 0 Å². The lowest BCUT2D eigenvalue weighted by molar-refractivity contribution is -0.130. The topological polar surface area (TPSA) is 70.4 Å². The van der Waals surface area contributed by atoms with Gasteiger partial charge in [0.15, 0.2) is 5.82 Å². The first kappa shape index (κ1) is 23.7. The second-order valence-electron chi connectivity index (χ2n) is 9.51. The van der Waals surface area contributed by atoms with Gasteiger partial charge in [0.25, 0.3) is 0 Å². The summed E-state index contributed by atoms with van der Waals surface area (Å²) in [5.74, 6) is 2.56. The minimum atomic E-state index is -0.283. The van der Waals surface area contributed by atoms with Crippen molar-refractivity contribution in [3.8, 4) is 5.69 Å². The Balaban J connectivity index is 1.42. The van der Waals surface area contributed by atoms with Crippen molar-refractivity contribution in [3.05, 3.63) is 64.1 Å². The summed E-state index contributed by atoms with van der Waals surface area (Å²) >= 11 is 6.35.